The molecule has 0 saturated carbocycles. The van der Waals surface area contributed by atoms with Crippen LogP contribution in [0.15, 0.2) is 57.6 Å². The number of hydrogen-bond donors (Lipinski definition) is 2. The van der Waals surface area contributed by atoms with Crippen LogP contribution in [0.5, 0.6) is 0 Å². The number of nitrogens with one attached hydrogen (secondary N) is 2. The largest absolute Gasteiger partial charge is 0.378 e. The molecule has 10 heteroatoms. The Morgan fingerprint density at radius 2 is 1.94 bits per heavy atom. The molecular weight excluding hydrogens is 458 g/mol. The molecule has 2 heterocycles. The topological polar surface area (TPSA) is 126 Å². The number of benzene rings is 1. The summed E-state index contributed by atoms with van der Waals surface area (Å²) in [5.74, 6) is -0.700. The maximum Gasteiger partial charge on any atom is 0.261 e. The van der Waals surface area contributed by atoms with Gasteiger partial charge in [0.15, 0.2) is 9.84 Å². The first-order valence-corrected chi connectivity index (χ1v) is 12.4. The van der Waals surface area contributed by atoms with Gasteiger partial charge in [0.2, 0.25) is 5.91 Å². The Bertz CT molecular complexity index is 1250. The highest BCUT2D eigenvalue weighted by Gasteiger charge is 2.28. The summed E-state index contributed by atoms with van der Waals surface area (Å²) in [6.45, 7) is 4.34. The van der Waals surface area contributed by atoms with E-state index < -0.39 is 26.9 Å². The first-order chi connectivity index (χ1) is 16.0. The normalized spacial score (nSPS) is 14.1. The van der Waals surface area contributed by atoms with Gasteiger partial charge < -0.3 is 19.9 Å². The van der Waals surface area contributed by atoms with E-state index in [4.69, 9.17) is 4.74 Å². The van der Waals surface area contributed by atoms with Crippen LogP contribution in [0.2, 0.25) is 0 Å². The lowest BCUT2D eigenvalue weighted by Crippen LogP contribution is -2.41. The van der Waals surface area contributed by atoms with Crippen molar-refractivity contribution in [3.8, 4) is 0 Å². The number of nitrogens with zero attached hydrogens (tertiary/aromatic N) is 1. The van der Waals surface area contributed by atoms with Crippen LogP contribution in [0, 0.1) is 0 Å². The fraction of sp³-hybridized carbons (Fsp3) is 0.375. The highest BCUT2D eigenvalue weighted by molar-refractivity contribution is 7.94. The van der Waals surface area contributed by atoms with Crippen molar-refractivity contribution in [3.05, 3.63) is 75.1 Å². The van der Waals surface area contributed by atoms with Gasteiger partial charge in [-0.2, -0.15) is 0 Å². The number of hydrogen-bond acceptors (Lipinski definition) is 6. The number of pyridine rings is 1. The lowest BCUT2D eigenvalue weighted by molar-refractivity contribution is -0.137. The molecule has 0 saturated heterocycles. The zero-order valence-corrected chi connectivity index (χ0v) is 20.3. The average Bonchev–Trinajstić information content (AvgIpc) is 2.81. The minimum absolute atomic E-state index is 0.0699. The molecule has 1 aliphatic rings. The number of ether oxygens (including phenoxy) is 1. The number of fused-ring (bicyclic) bond motifs is 1. The lowest BCUT2D eigenvalue weighted by Gasteiger charge is -2.31. The quantitative estimate of drug-likeness (QED) is 0.585. The first kappa shape index (κ1) is 25.4. The molecule has 1 aliphatic heterocycles. The monoisotopic (exact) mass is 487 g/mol. The molecule has 9 nitrogen and oxygen atoms in total. The van der Waals surface area contributed by atoms with Crippen LogP contribution in [0.1, 0.15) is 41.9 Å². The second kappa shape index (κ2) is 10.4. The van der Waals surface area contributed by atoms with E-state index in [2.05, 4.69) is 10.3 Å². The predicted octanol–water partition coefficient (Wildman–Crippen LogP) is 1.79. The third kappa shape index (κ3) is 6.21. The van der Waals surface area contributed by atoms with E-state index in [0.29, 0.717) is 24.2 Å². The van der Waals surface area contributed by atoms with Gasteiger partial charge in [-0.3, -0.25) is 14.4 Å². The zero-order chi connectivity index (χ0) is 24.9. The molecule has 0 atom stereocenters. The van der Waals surface area contributed by atoms with E-state index in [1.807, 2.05) is 13.8 Å². The number of carbonyl (C=O) groups is 2. The molecule has 1 aromatic carbocycles. The van der Waals surface area contributed by atoms with Crippen LogP contribution in [0.3, 0.4) is 0 Å². The third-order valence-electron chi connectivity index (χ3n) is 5.66. The lowest BCUT2D eigenvalue weighted by atomic mass is 10.00. The molecule has 0 aliphatic carbocycles. The van der Waals surface area contributed by atoms with Crippen molar-refractivity contribution in [2.24, 2.45) is 0 Å². The number of H-pyrrole nitrogens is 1. The SMILES string of the molecule is COC(C)(C)CC(=O)N1CCc2[nH]c(=O)c(C(=O)NC/C=C/S(=O)(=O)c3ccccc3)cc2C1. The molecule has 0 spiro atoms. The van der Waals surface area contributed by atoms with Gasteiger partial charge in [0.25, 0.3) is 11.5 Å². The van der Waals surface area contributed by atoms with Gasteiger partial charge in [0.1, 0.15) is 5.56 Å². The number of methoxy groups -OCH3 is 1. The standard InChI is InChI=1S/C24H29N3O6S/c1-24(2,33-3)15-21(28)27-12-10-20-17(16-27)14-19(23(30)26-20)22(29)25-11-7-13-34(31,32)18-8-5-4-6-9-18/h4-9,13-14H,10-12,15-16H2,1-3H3,(H,25,29)(H,26,30)/b13-7+. The maximum atomic E-state index is 12.7. The molecule has 1 aromatic heterocycles. The van der Waals surface area contributed by atoms with Crippen molar-refractivity contribution >= 4 is 21.7 Å². The van der Waals surface area contributed by atoms with Crippen LogP contribution in [0.4, 0.5) is 0 Å². The van der Waals surface area contributed by atoms with Crippen molar-refractivity contribution in [3.63, 3.8) is 0 Å². The second-order valence-corrected chi connectivity index (χ2v) is 10.5. The summed E-state index contributed by atoms with van der Waals surface area (Å²) in [4.78, 5) is 42.2. The molecule has 2 N–H and O–H groups in total. The smallest absolute Gasteiger partial charge is 0.261 e. The van der Waals surface area contributed by atoms with Crippen LogP contribution >= 0.6 is 0 Å². The van der Waals surface area contributed by atoms with Crippen molar-refractivity contribution in [2.75, 3.05) is 20.2 Å². The molecule has 0 fully saturated rings. The fourth-order valence-electron chi connectivity index (χ4n) is 3.55. The number of aromatic amines is 1. The Kier molecular flexibility index (Phi) is 7.73. The minimum atomic E-state index is -3.62. The summed E-state index contributed by atoms with van der Waals surface area (Å²) in [7, 11) is -2.06. The number of sulfone groups is 1. The summed E-state index contributed by atoms with van der Waals surface area (Å²) < 4.78 is 29.9. The van der Waals surface area contributed by atoms with Crippen LogP contribution in [-0.4, -0.2) is 55.9 Å². The summed E-state index contributed by atoms with van der Waals surface area (Å²) in [5.41, 5.74) is 0.184. The first-order valence-electron chi connectivity index (χ1n) is 10.9. The number of carbonyl (C=O) groups excluding carboxylic acids is 2. The molecule has 0 radical (unpaired) electrons. The van der Waals surface area contributed by atoms with E-state index in [-0.39, 0.29) is 35.9 Å². The van der Waals surface area contributed by atoms with E-state index >= 15 is 0 Å². The molecule has 0 unspecified atom stereocenters. The molecule has 0 bridgehead atoms. The van der Waals surface area contributed by atoms with E-state index in [0.717, 1.165) is 5.41 Å². The summed E-state index contributed by atoms with van der Waals surface area (Å²) in [6, 6.07) is 9.42. The van der Waals surface area contributed by atoms with Crippen LogP contribution in [-0.2, 0) is 32.3 Å². The van der Waals surface area contributed by atoms with Gasteiger partial charge in [-0.15, -0.1) is 0 Å². The van der Waals surface area contributed by atoms with E-state index in [9.17, 15) is 22.8 Å². The van der Waals surface area contributed by atoms with Crippen LogP contribution < -0.4 is 10.9 Å². The van der Waals surface area contributed by atoms with Crippen molar-refractivity contribution in [2.45, 2.75) is 43.7 Å². The zero-order valence-electron chi connectivity index (χ0n) is 19.5. The Hall–Kier alpha value is -3.24. The van der Waals surface area contributed by atoms with Gasteiger partial charge in [-0.05, 0) is 37.6 Å². The molecule has 2 amide bonds. The van der Waals surface area contributed by atoms with Crippen molar-refractivity contribution in [1.82, 2.24) is 15.2 Å². The predicted molar refractivity (Wildman–Crippen MR) is 127 cm³/mol. The Balaban J connectivity index is 1.66. The highest BCUT2D eigenvalue weighted by Crippen LogP contribution is 2.21. The summed E-state index contributed by atoms with van der Waals surface area (Å²) in [5, 5.41) is 3.55. The summed E-state index contributed by atoms with van der Waals surface area (Å²) in [6.07, 6.45) is 2.00. The van der Waals surface area contributed by atoms with E-state index in [1.54, 1.807) is 30.2 Å². The molecule has 2 aromatic rings. The Morgan fingerprint density at radius 1 is 1.24 bits per heavy atom. The molecule has 182 valence electrons. The summed E-state index contributed by atoms with van der Waals surface area (Å²) >= 11 is 0. The minimum Gasteiger partial charge on any atom is -0.378 e. The number of rotatable bonds is 8. The van der Waals surface area contributed by atoms with Gasteiger partial charge in [0.05, 0.1) is 16.9 Å². The fourth-order valence-corrected chi connectivity index (χ4v) is 4.59. The molecule has 34 heavy (non-hydrogen) atoms. The molecule has 3 rings (SSSR count). The highest BCUT2D eigenvalue weighted by atomic mass is 32.2. The van der Waals surface area contributed by atoms with Gasteiger partial charge in [-0.25, -0.2) is 8.42 Å². The second-order valence-electron chi connectivity index (χ2n) is 8.66. The number of aromatic nitrogens is 1. The average molecular weight is 488 g/mol. The Morgan fingerprint density at radius 3 is 2.62 bits per heavy atom. The number of amides is 2. The Labute approximate surface area is 198 Å². The van der Waals surface area contributed by atoms with Crippen molar-refractivity contribution in [1.29, 1.82) is 0 Å². The molecular formula is C24H29N3O6S. The maximum absolute atomic E-state index is 12.7. The van der Waals surface area contributed by atoms with Gasteiger partial charge in [-0.1, -0.05) is 24.3 Å². The third-order valence-corrected chi connectivity index (χ3v) is 7.14. The van der Waals surface area contributed by atoms with Crippen LogP contribution in [0.25, 0.3) is 0 Å². The van der Waals surface area contributed by atoms with Gasteiger partial charge >= 0.3 is 0 Å². The van der Waals surface area contributed by atoms with Crippen molar-refractivity contribution < 1.29 is 22.7 Å². The van der Waals surface area contributed by atoms with Gasteiger partial charge in [0, 0.05) is 44.3 Å². The van der Waals surface area contributed by atoms with E-state index in [1.165, 1.54) is 24.3 Å².